The molecule has 0 heterocycles. The summed E-state index contributed by atoms with van der Waals surface area (Å²) >= 11 is 0. The number of hydrogen-bond acceptors (Lipinski definition) is 4. The molecule has 0 aromatic heterocycles. The van der Waals surface area contributed by atoms with E-state index >= 15 is 0 Å². The first-order valence-corrected chi connectivity index (χ1v) is 13.0. The molecule has 1 aromatic carbocycles. The van der Waals surface area contributed by atoms with Gasteiger partial charge in [-0.25, -0.2) is 13.1 Å². The van der Waals surface area contributed by atoms with E-state index in [-0.39, 0.29) is 29.8 Å². The smallest absolute Gasteiger partial charge is 0.252 e. The van der Waals surface area contributed by atoms with E-state index in [9.17, 15) is 18.0 Å². The van der Waals surface area contributed by atoms with Crippen molar-refractivity contribution < 1.29 is 18.0 Å². The minimum Gasteiger partial charge on any atom is -0.350 e. The lowest BCUT2D eigenvalue weighted by molar-refractivity contribution is -0.120. The molecule has 8 heteroatoms. The molecule has 2 rings (SSSR count). The Hall–Kier alpha value is -1.93. The van der Waals surface area contributed by atoms with E-state index in [1.807, 2.05) is 41.5 Å². The second kappa shape index (κ2) is 10.3. The number of carbonyl (C=O) groups excluding carboxylic acids is 2. The van der Waals surface area contributed by atoms with Gasteiger partial charge in [-0.1, -0.05) is 0 Å². The Bertz CT molecular complexity index is 946. The second-order valence-electron chi connectivity index (χ2n) is 9.63. The molecule has 0 bridgehead atoms. The fraction of sp³-hybridized carbons (Fsp3) is 0.667. The van der Waals surface area contributed by atoms with Crippen molar-refractivity contribution in [1.82, 2.24) is 10.0 Å². The van der Waals surface area contributed by atoms with E-state index in [1.54, 1.807) is 13.8 Å². The molecule has 1 aliphatic rings. The SMILES string of the molecule is Cc1c(C)c(C(=O)NC(C)C)c(C)c(C)c1NC(=O)C1CCC(NS(=O)(=O)C(C)C)CC1. The first kappa shape index (κ1) is 26.3. The first-order chi connectivity index (χ1) is 14.8. The van der Waals surface area contributed by atoms with Gasteiger partial charge in [-0.05, 0) is 103 Å². The zero-order valence-electron chi connectivity index (χ0n) is 20.7. The van der Waals surface area contributed by atoms with Crippen LogP contribution in [0.2, 0.25) is 0 Å². The van der Waals surface area contributed by atoms with E-state index in [1.165, 1.54) is 0 Å². The van der Waals surface area contributed by atoms with Crippen LogP contribution < -0.4 is 15.4 Å². The predicted molar refractivity (Wildman–Crippen MR) is 130 cm³/mol. The van der Waals surface area contributed by atoms with Crippen LogP contribution in [0.3, 0.4) is 0 Å². The molecule has 1 aromatic rings. The van der Waals surface area contributed by atoms with Gasteiger partial charge >= 0.3 is 0 Å². The van der Waals surface area contributed by atoms with Gasteiger partial charge in [0.05, 0.1) is 5.25 Å². The number of carbonyl (C=O) groups is 2. The third-order valence-corrected chi connectivity index (χ3v) is 8.47. The zero-order chi connectivity index (χ0) is 24.4. The molecule has 0 saturated heterocycles. The summed E-state index contributed by atoms with van der Waals surface area (Å²) in [5.41, 5.74) is 4.97. The van der Waals surface area contributed by atoms with E-state index in [4.69, 9.17) is 0 Å². The molecule has 0 radical (unpaired) electrons. The lowest BCUT2D eigenvalue weighted by atomic mass is 9.85. The number of rotatable bonds is 7. The summed E-state index contributed by atoms with van der Waals surface area (Å²) in [5.74, 6) is -0.293. The number of sulfonamides is 1. The summed E-state index contributed by atoms with van der Waals surface area (Å²) in [5, 5.41) is 5.60. The minimum atomic E-state index is -3.31. The normalized spacial score (nSPS) is 19.3. The number of anilines is 1. The Kier molecular flexibility index (Phi) is 8.50. The van der Waals surface area contributed by atoms with Gasteiger partial charge in [0, 0.05) is 29.3 Å². The molecule has 180 valence electrons. The highest BCUT2D eigenvalue weighted by Gasteiger charge is 2.30. The van der Waals surface area contributed by atoms with Crippen LogP contribution in [0.4, 0.5) is 5.69 Å². The summed E-state index contributed by atoms with van der Waals surface area (Å²) in [4.78, 5) is 25.7. The van der Waals surface area contributed by atoms with Crippen molar-refractivity contribution in [3.05, 3.63) is 27.8 Å². The van der Waals surface area contributed by atoms with Crippen LogP contribution in [-0.4, -0.2) is 37.6 Å². The molecule has 32 heavy (non-hydrogen) atoms. The van der Waals surface area contributed by atoms with E-state index in [2.05, 4.69) is 15.4 Å². The molecular weight excluding hydrogens is 426 g/mol. The van der Waals surface area contributed by atoms with Crippen LogP contribution in [-0.2, 0) is 14.8 Å². The van der Waals surface area contributed by atoms with Crippen LogP contribution in [0, 0.1) is 33.6 Å². The maximum Gasteiger partial charge on any atom is 0.252 e. The van der Waals surface area contributed by atoms with Crippen LogP contribution in [0.25, 0.3) is 0 Å². The molecule has 0 unspecified atom stereocenters. The second-order valence-corrected chi connectivity index (χ2v) is 11.9. The Labute approximate surface area is 193 Å². The predicted octanol–water partition coefficient (Wildman–Crippen LogP) is 3.88. The summed E-state index contributed by atoms with van der Waals surface area (Å²) < 4.78 is 27.0. The van der Waals surface area contributed by atoms with Gasteiger partial charge in [-0.2, -0.15) is 0 Å². The topological polar surface area (TPSA) is 104 Å². The zero-order valence-corrected chi connectivity index (χ0v) is 21.5. The Morgan fingerprint density at radius 2 is 1.34 bits per heavy atom. The van der Waals surface area contributed by atoms with Gasteiger partial charge in [-0.3, -0.25) is 9.59 Å². The molecule has 2 amide bonds. The first-order valence-electron chi connectivity index (χ1n) is 11.5. The quantitative estimate of drug-likeness (QED) is 0.568. The maximum absolute atomic E-state index is 13.0. The molecule has 0 aliphatic heterocycles. The fourth-order valence-electron chi connectivity index (χ4n) is 4.24. The highest BCUT2D eigenvalue weighted by atomic mass is 32.2. The number of amides is 2. The fourth-order valence-corrected chi connectivity index (χ4v) is 5.21. The lowest BCUT2D eigenvalue weighted by Gasteiger charge is -2.29. The maximum atomic E-state index is 13.0. The van der Waals surface area contributed by atoms with Crippen LogP contribution in [0.5, 0.6) is 0 Å². The standard InChI is InChI=1S/C24H39N3O4S/c1-13(2)25-24(29)21-15(5)17(7)22(18(8)16(21)6)26-23(28)19-9-11-20(12-10-19)27-32(30,31)14(3)4/h13-14,19-20,27H,9-12H2,1-8H3,(H,25,29)(H,26,28). The Balaban J connectivity index is 2.13. The minimum absolute atomic E-state index is 0.0421. The van der Waals surface area contributed by atoms with Crippen molar-refractivity contribution in [2.24, 2.45) is 5.92 Å². The Morgan fingerprint density at radius 3 is 1.78 bits per heavy atom. The molecule has 1 aliphatic carbocycles. The van der Waals surface area contributed by atoms with Crippen LogP contribution in [0.15, 0.2) is 0 Å². The van der Waals surface area contributed by atoms with Crippen molar-refractivity contribution >= 4 is 27.5 Å². The molecular formula is C24H39N3O4S. The molecule has 1 fully saturated rings. The van der Waals surface area contributed by atoms with Gasteiger partial charge in [0.25, 0.3) is 5.91 Å². The summed E-state index contributed by atoms with van der Waals surface area (Å²) in [7, 11) is -3.31. The Morgan fingerprint density at radius 1 is 0.844 bits per heavy atom. The molecule has 7 nitrogen and oxygen atoms in total. The van der Waals surface area contributed by atoms with Crippen LogP contribution in [0.1, 0.15) is 86.0 Å². The number of benzene rings is 1. The molecule has 3 N–H and O–H groups in total. The van der Waals surface area contributed by atoms with Gasteiger partial charge in [0.2, 0.25) is 15.9 Å². The van der Waals surface area contributed by atoms with E-state index < -0.39 is 15.3 Å². The van der Waals surface area contributed by atoms with Crippen LogP contribution >= 0.6 is 0 Å². The van der Waals surface area contributed by atoms with Gasteiger partial charge < -0.3 is 10.6 Å². The van der Waals surface area contributed by atoms with Crippen molar-refractivity contribution in [1.29, 1.82) is 0 Å². The average Bonchev–Trinajstić information content (AvgIpc) is 2.69. The summed E-state index contributed by atoms with van der Waals surface area (Å²) in [6.07, 6.45) is 2.58. The average molecular weight is 466 g/mol. The van der Waals surface area contributed by atoms with Crippen molar-refractivity contribution in [3.8, 4) is 0 Å². The third kappa shape index (κ3) is 5.90. The highest BCUT2D eigenvalue weighted by Crippen LogP contribution is 2.33. The monoisotopic (exact) mass is 465 g/mol. The number of hydrogen-bond donors (Lipinski definition) is 3. The third-order valence-electron chi connectivity index (χ3n) is 6.57. The molecule has 0 atom stereocenters. The van der Waals surface area contributed by atoms with Gasteiger partial charge in [-0.15, -0.1) is 0 Å². The van der Waals surface area contributed by atoms with Crippen molar-refractivity contribution in [2.75, 3.05) is 5.32 Å². The highest BCUT2D eigenvalue weighted by molar-refractivity contribution is 7.90. The largest absolute Gasteiger partial charge is 0.350 e. The van der Waals surface area contributed by atoms with Crippen molar-refractivity contribution in [2.45, 2.75) is 98.4 Å². The van der Waals surface area contributed by atoms with E-state index in [0.717, 1.165) is 27.9 Å². The van der Waals surface area contributed by atoms with Crippen molar-refractivity contribution in [3.63, 3.8) is 0 Å². The number of nitrogens with one attached hydrogen (secondary N) is 3. The van der Waals surface area contributed by atoms with E-state index in [0.29, 0.717) is 31.2 Å². The van der Waals surface area contributed by atoms with Gasteiger partial charge in [0.15, 0.2) is 0 Å². The summed E-state index contributed by atoms with van der Waals surface area (Å²) in [6.45, 7) is 14.9. The molecule has 1 saturated carbocycles. The molecule has 0 spiro atoms. The lowest BCUT2D eigenvalue weighted by Crippen LogP contribution is -2.42. The summed E-state index contributed by atoms with van der Waals surface area (Å²) in [6, 6.07) is -0.0698. The van der Waals surface area contributed by atoms with Gasteiger partial charge in [0.1, 0.15) is 0 Å².